The lowest BCUT2D eigenvalue weighted by atomic mass is 9.87. The minimum atomic E-state index is -0.704. The Balaban J connectivity index is 1.81. The Morgan fingerprint density at radius 2 is 1.68 bits per heavy atom. The van der Waals surface area contributed by atoms with Gasteiger partial charge in [0, 0.05) is 7.05 Å². The number of nitrogens with zero attached hydrogens (tertiary/aromatic N) is 2. The van der Waals surface area contributed by atoms with Crippen LogP contribution >= 0.6 is 0 Å². The van der Waals surface area contributed by atoms with Crippen molar-refractivity contribution in [2.45, 2.75) is 52.6 Å². The highest BCUT2D eigenvalue weighted by Crippen LogP contribution is 2.25. The highest BCUT2D eigenvalue weighted by atomic mass is 16.5. The van der Waals surface area contributed by atoms with Gasteiger partial charge in [-0.2, -0.15) is 0 Å². The van der Waals surface area contributed by atoms with Gasteiger partial charge in [-0.15, -0.1) is 0 Å². The van der Waals surface area contributed by atoms with Crippen LogP contribution in [0.15, 0.2) is 59.4 Å². The normalized spacial score (nSPS) is 12.5. The molecule has 0 radical (unpaired) electrons. The molecule has 0 spiro atoms. The molecule has 0 aliphatic heterocycles. The Kier molecular flexibility index (Phi) is 6.39. The first-order valence-electron chi connectivity index (χ1n) is 10.6. The first-order chi connectivity index (χ1) is 14.6. The van der Waals surface area contributed by atoms with Gasteiger partial charge in [0.05, 0.1) is 11.4 Å². The quantitative estimate of drug-likeness (QED) is 0.634. The lowest BCUT2D eigenvalue weighted by molar-refractivity contribution is -0.122. The number of hydrogen-bond acceptors (Lipinski definition) is 3. The molecule has 6 heteroatoms. The summed E-state index contributed by atoms with van der Waals surface area (Å²) in [7, 11) is 1.80. The average molecular weight is 422 g/mol. The number of ether oxygens (including phenoxy) is 1. The molecule has 1 amide bonds. The van der Waals surface area contributed by atoms with Gasteiger partial charge in [-0.3, -0.25) is 14.3 Å². The number of nitrogens with one attached hydrogen (secondary N) is 1. The van der Waals surface area contributed by atoms with Crippen LogP contribution in [0, 0.1) is 6.92 Å². The molecule has 6 nitrogen and oxygen atoms in total. The van der Waals surface area contributed by atoms with Gasteiger partial charge in [0.2, 0.25) is 0 Å². The predicted octanol–water partition coefficient (Wildman–Crippen LogP) is 4.58. The molecule has 0 saturated carbocycles. The van der Waals surface area contributed by atoms with Gasteiger partial charge in [0.1, 0.15) is 11.4 Å². The SMILES string of the molecule is CC[C@@H](Oc1ccc(C(C)(C)C)cc1)C(=O)Nc1c(C)n(C)n(-c2ccccc2)c1=O. The molecule has 0 aliphatic carbocycles. The summed E-state index contributed by atoms with van der Waals surface area (Å²) in [5.74, 6) is 0.287. The van der Waals surface area contributed by atoms with E-state index in [2.05, 4.69) is 26.1 Å². The number of benzene rings is 2. The Morgan fingerprint density at radius 1 is 1.06 bits per heavy atom. The van der Waals surface area contributed by atoms with Crippen molar-refractivity contribution in [2.24, 2.45) is 7.05 Å². The van der Waals surface area contributed by atoms with Crippen LogP contribution in [0.5, 0.6) is 5.75 Å². The molecule has 0 saturated heterocycles. The maximum atomic E-state index is 13.0. The Labute approximate surface area is 183 Å². The number of carbonyl (C=O) groups excluding carboxylic acids is 1. The van der Waals surface area contributed by atoms with Crippen LogP contribution in [0.25, 0.3) is 5.69 Å². The standard InChI is InChI=1S/C25H31N3O3/c1-7-21(31-20-15-13-18(14-16-20)25(3,4)5)23(29)26-22-17(2)27(6)28(24(22)30)19-11-9-8-10-12-19/h8-16,21H,7H2,1-6H3,(H,26,29)/t21-/m1/s1. The molecule has 3 aromatic rings. The summed E-state index contributed by atoms with van der Waals surface area (Å²) in [6, 6.07) is 17.1. The minimum absolute atomic E-state index is 0.0452. The number of aromatic nitrogens is 2. The summed E-state index contributed by atoms with van der Waals surface area (Å²) >= 11 is 0. The maximum absolute atomic E-state index is 13.0. The zero-order valence-electron chi connectivity index (χ0n) is 19.1. The molecule has 3 rings (SSSR count). The number of para-hydroxylation sites is 1. The average Bonchev–Trinajstić information content (AvgIpc) is 2.95. The Bertz CT molecular complexity index is 1100. The van der Waals surface area contributed by atoms with Gasteiger partial charge in [-0.05, 0) is 48.6 Å². The third kappa shape index (κ3) is 4.74. The molecule has 1 N–H and O–H groups in total. The summed E-state index contributed by atoms with van der Waals surface area (Å²) in [6.45, 7) is 10.1. The van der Waals surface area contributed by atoms with E-state index in [1.807, 2.05) is 68.4 Å². The smallest absolute Gasteiger partial charge is 0.295 e. The number of hydrogen-bond donors (Lipinski definition) is 1. The fourth-order valence-corrected chi connectivity index (χ4v) is 3.44. The second-order valence-electron chi connectivity index (χ2n) is 8.71. The van der Waals surface area contributed by atoms with E-state index < -0.39 is 6.10 Å². The summed E-state index contributed by atoms with van der Waals surface area (Å²) in [5, 5.41) is 2.80. The molecule has 31 heavy (non-hydrogen) atoms. The van der Waals surface area contributed by atoms with Crippen molar-refractivity contribution >= 4 is 11.6 Å². The molecular weight excluding hydrogens is 390 g/mol. The van der Waals surface area contributed by atoms with Crippen molar-refractivity contribution in [3.63, 3.8) is 0 Å². The van der Waals surface area contributed by atoms with Crippen LogP contribution in [0.3, 0.4) is 0 Å². The van der Waals surface area contributed by atoms with E-state index in [0.29, 0.717) is 17.9 Å². The van der Waals surface area contributed by atoms with Crippen molar-refractivity contribution in [3.05, 3.63) is 76.2 Å². The van der Waals surface area contributed by atoms with Crippen molar-refractivity contribution in [3.8, 4) is 11.4 Å². The molecule has 164 valence electrons. The topological polar surface area (TPSA) is 65.3 Å². The number of carbonyl (C=O) groups is 1. The molecule has 1 aromatic heterocycles. The summed E-state index contributed by atoms with van der Waals surface area (Å²) < 4.78 is 9.22. The van der Waals surface area contributed by atoms with Gasteiger partial charge in [0.25, 0.3) is 11.5 Å². The van der Waals surface area contributed by atoms with E-state index in [9.17, 15) is 9.59 Å². The van der Waals surface area contributed by atoms with Crippen LogP contribution in [-0.2, 0) is 17.3 Å². The maximum Gasteiger partial charge on any atom is 0.295 e. The summed E-state index contributed by atoms with van der Waals surface area (Å²) in [5.41, 5.74) is 2.64. The molecule has 1 atom stereocenters. The highest BCUT2D eigenvalue weighted by molar-refractivity contribution is 5.94. The van der Waals surface area contributed by atoms with Crippen molar-refractivity contribution in [1.29, 1.82) is 0 Å². The van der Waals surface area contributed by atoms with Crippen LogP contribution in [0.4, 0.5) is 5.69 Å². The highest BCUT2D eigenvalue weighted by Gasteiger charge is 2.24. The number of rotatable bonds is 6. The molecule has 2 aromatic carbocycles. The van der Waals surface area contributed by atoms with Crippen LogP contribution in [0.2, 0.25) is 0 Å². The zero-order chi connectivity index (χ0) is 22.8. The van der Waals surface area contributed by atoms with Crippen molar-refractivity contribution in [2.75, 3.05) is 5.32 Å². The van der Waals surface area contributed by atoms with E-state index >= 15 is 0 Å². The second kappa shape index (κ2) is 8.84. The van der Waals surface area contributed by atoms with Crippen LogP contribution < -0.4 is 15.6 Å². The van der Waals surface area contributed by atoms with E-state index in [-0.39, 0.29) is 22.6 Å². The molecule has 0 aliphatic rings. The van der Waals surface area contributed by atoms with E-state index in [1.54, 1.807) is 11.7 Å². The van der Waals surface area contributed by atoms with Crippen LogP contribution in [0.1, 0.15) is 45.4 Å². The third-order valence-corrected chi connectivity index (χ3v) is 5.46. The van der Waals surface area contributed by atoms with E-state index in [4.69, 9.17) is 4.74 Å². The van der Waals surface area contributed by atoms with Gasteiger partial charge in [-0.1, -0.05) is 58.0 Å². The molecule has 1 heterocycles. The second-order valence-corrected chi connectivity index (χ2v) is 8.71. The lowest BCUT2D eigenvalue weighted by Crippen LogP contribution is -2.34. The molecular formula is C25H31N3O3. The van der Waals surface area contributed by atoms with E-state index in [1.165, 1.54) is 10.2 Å². The van der Waals surface area contributed by atoms with Crippen molar-refractivity contribution in [1.82, 2.24) is 9.36 Å². The first-order valence-corrected chi connectivity index (χ1v) is 10.6. The monoisotopic (exact) mass is 421 g/mol. The molecule has 0 unspecified atom stereocenters. The van der Waals surface area contributed by atoms with Gasteiger partial charge < -0.3 is 10.1 Å². The number of amides is 1. The van der Waals surface area contributed by atoms with E-state index in [0.717, 1.165) is 5.69 Å². The minimum Gasteiger partial charge on any atom is -0.481 e. The lowest BCUT2D eigenvalue weighted by Gasteiger charge is -2.20. The zero-order valence-corrected chi connectivity index (χ0v) is 19.1. The molecule has 0 fully saturated rings. The fraction of sp³-hybridized carbons (Fsp3) is 0.360. The van der Waals surface area contributed by atoms with Crippen molar-refractivity contribution < 1.29 is 9.53 Å². The number of anilines is 1. The largest absolute Gasteiger partial charge is 0.481 e. The summed E-state index contributed by atoms with van der Waals surface area (Å²) in [4.78, 5) is 26.0. The Morgan fingerprint density at radius 3 is 2.23 bits per heavy atom. The van der Waals surface area contributed by atoms with Gasteiger partial charge >= 0.3 is 0 Å². The first kappa shape index (κ1) is 22.4. The summed E-state index contributed by atoms with van der Waals surface area (Å²) in [6.07, 6.45) is -0.226. The predicted molar refractivity (Wildman–Crippen MR) is 124 cm³/mol. The van der Waals surface area contributed by atoms with Crippen LogP contribution in [-0.4, -0.2) is 21.4 Å². The van der Waals surface area contributed by atoms with Gasteiger partial charge in [0.15, 0.2) is 6.10 Å². The third-order valence-electron chi connectivity index (χ3n) is 5.46. The Hall–Kier alpha value is -3.28. The van der Waals surface area contributed by atoms with Gasteiger partial charge in [-0.25, -0.2) is 4.68 Å². The molecule has 0 bridgehead atoms. The fourth-order valence-electron chi connectivity index (χ4n) is 3.44.